The van der Waals surface area contributed by atoms with Crippen LogP contribution in [0, 0.1) is 33.7 Å². The molecule has 9 heteroatoms. The second-order valence-electron chi connectivity index (χ2n) is 11.3. The molecular weight excluding hydrogens is 607 g/mol. The highest BCUT2D eigenvalue weighted by Crippen LogP contribution is 2.47. The van der Waals surface area contributed by atoms with Crippen molar-refractivity contribution in [2.24, 2.45) is 18.4 Å². The molecule has 1 aromatic carbocycles. The Labute approximate surface area is 242 Å². The highest BCUT2D eigenvalue weighted by Gasteiger charge is 2.42. The molecule has 1 amide bonds. The summed E-state index contributed by atoms with van der Waals surface area (Å²) in [5, 5.41) is 14.2. The third kappa shape index (κ3) is 5.36. The molecule has 2 aliphatic carbocycles. The van der Waals surface area contributed by atoms with Gasteiger partial charge in [-0.3, -0.25) is 19.2 Å². The van der Waals surface area contributed by atoms with Crippen LogP contribution < -0.4 is 9.64 Å². The van der Waals surface area contributed by atoms with E-state index in [0.717, 1.165) is 35.2 Å². The van der Waals surface area contributed by atoms with Gasteiger partial charge in [0.25, 0.3) is 5.88 Å². The normalized spacial score (nSPS) is 20.3. The second kappa shape index (κ2) is 10.5. The van der Waals surface area contributed by atoms with E-state index in [9.17, 15) is 14.7 Å². The van der Waals surface area contributed by atoms with E-state index in [4.69, 9.17) is 9.72 Å². The number of nitrogens with zero attached hydrogens (tertiary/aromatic N) is 4. The molecule has 8 nitrogen and oxygen atoms in total. The van der Waals surface area contributed by atoms with Gasteiger partial charge in [0, 0.05) is 10.6 Å². The smallest absolute Gasteiger partial charge is 0.308 e. The Balaban J connectivity index is 1.55. The van der Waals surface area contributed by atoms with Crippen LogP contribution in [0.15, 0.2) is 24.3 Å². The number of halogens is 1. The number of ether oxygens (including phenoxy) is 1. The SMILES string of the molecule is CC#CC(=O)N(c1ccc2c(n1)c(OC1CCC(C(=O)O)C(C)(C)C1)nn2C)c1cc(C)c(I)cc1C1CC1. The molecule has 0 spiro atoms. The summed E-state index contributed by atoms with van der Waals surface area (Å²) in [6.07, 6.45) is 3.79. The number of hydrogen-bond acceptors (Lipinski definition) is 5. The van der Waals surface area contributed by atoms with E-state index in [2.05, 4.69) is 51.7 Å². The Bertz CT molecular complexity index is 1530. The molecule has 2 heterocycles. The number of carboxylic acids is 1. The molecule has 2 fully saturated rings. The van der Waals surface area contributed by atoms with Crippen LogP contribution in [0.3, 0.4) is 0 Å². The lowest BCUT2D eigenvalue weighted by Crippen LogP contribution is -2.41. The molecule has 204 valence electrons. The molecule has 2 unspecified atom stereocenters. The average molecular weight is 641 g/mol. The average Bonchev–Trinajstić information content (AvgIpc) is 3.66. The zero-order chi connectivity index (χ0) is 28.1. The maximum Gasteiger partial charge on any atom is 0.308 e. The van der Waals surface area contributed by atoms with Crippen molar-refractivity contribution in [3.8, 4) is 17.7 Å². The van der Waals surface area contributed by atoms with Gasteiger partial charge in [-0.1, -0.05) is 19.8 Å². The standard InChI is InChI=1S/C30H33IN4O4/c1-6-7-26(36)35(24-14-17(2)22(31)15-20(24)18-8-9-18)25-13-12-23-27(32-25)28(33-34(23)5)39-19-10-11-21(29(37)38)30(3,4)16-19/h12-15,18-19,21H,8-11,16H2,1-5H3,(H,37,38). The van der Waals surface area contributed by atoms with Gasteiger partial charge in [-0.2, -0.15) is 0 Å². The van der Waals surface area contributed by atoms with Gasteiger partial charge in [0.05, 0.1) is 17.1 Å². The van der Waals surface area contributed by atoms with Crippen molar-refractivity contribution in [3.05, 3.63) is 39.0 Å². The van der Waals surface area contributed by atoms with E-state index in [1.807, 2.05) is 40.0 Å². The van der Waals surface area contributed by atoms with Gasteiger partial charge in [0.2, 0.25) is 0 Å². The highest BCUT2D eigenvalue weighted by molar-refractivity contribution is 14.1. The lowest BCUT2D eigenvalue weighted by atomic mass is 9.68. The molecular formula is C30H33IN4O4. The first-order chi connectivity index (χ1) is 18.5. The number of carbonyl (C=O) groups excluding carboxylic acids is 1. The Hall–Kier alpha value is -3.13. The van der Waals surface area contributed by atoms with Crippen LogP contribution >= 0.6 is 22.6 Å². The zero-order valence-corrected chi connectivity index (χ0v) is 25.1. The summed E-state index contributed by atoms with van der Waals surface area (Å²) in [5.74, 6) is 5.23. The van der Waals surface area contributed by atoms with Crippen LogP contribution in [0.5, 0.6) is 5.88 Å². The summed E-state index contributed by atoms with van der Waals surface area (Å²) in [6.45, 7) is 7.65. The molecule has 0 bridgehead atoms. The summed E-state index contributed by atoms with van der Waals surface area (Å²) in [4.78, 5) is 31.7. The van der Waals surface area contributed by atoms with Gasteiger partial charge in [-0.25, -0.2) is 4.98 Å². The molecule has 1 N–H and O–H groups in total. The van der Waals surface area contributed by atoms with Crippen molar-refractivity contribution < 1.29 is 19.4 Å². The molecule has 2 atom stereocenters. The van der Waals surface area contributed by atoms with E-state index in [1.165, 1.54) is 3.57 Å². The van der Waals surface area contributed by atoms with E-state index in [1.54, 1.807) is 16.5 Å². The molecule has 2 aromatic heterocycles. The van der Waals surface area contributed by atoms with Crippen LogP contribution in [0.25, 0.3) is 11.0 Å². The molecule has 0 radical (unpaired) electrons. The quantitative estimate of drug-likeness (QED) is 0.258. The molecule has 0 aliphatic heterocycles. The summed E-state index contributed by atoms with van der Waals surface area (Å²) < 4.78 is 9.27. The minimum Gasteiger partial charge on any atom is -0.481 e. The molecule has 0 saturated heterocycles. The minimum absolute atomic E-state index is 0.178. The van der Waals surface area contributed by atoms with Crippen molar-refractivity contribution >= 4 is 57.0 Å². The van der Waals surface area contributed by atoms with E-state index in [0.29, 0.717) is 42.4 Å². The zero-order valence-electron chi connectivity index (χ0n) is 22.9. The molecule has 2 aliphatic rings. The summed E-state index contributed by atoms with van der Waals surface area (Å²) in [7, 11) is 1.83. The van der Waals surface area contributed by atoms with E-state index in [-0.39, 0.29) is 12.0 Å². The van der Waals surface area contributed by atoms with Crippen molar-refractivity contribution in [1.82, 2.24) is 14.8 Å². The van der Waals surface area contributed by atoms with E-state index < -0.39 is 17.3 Å². The number of aryl methyl sites for hydroxylation is 2. The maximum atomic E-state index is 13.4. The van der Waals surface area contributed by atoms with Crippen molar-refractivity contribution in [1.29, 1.82) is 0 Å². The number of aromatic nitrogens is 3. The number of hydrogen-bond donors (Lipinski definition) is 1. The molecule has 39 heavy (non-hydrogen) atoms. The topological polar surface area (TPSA) is 97.6 Å². The predicted octanol–water partition coefficient (Wildman–Crippen LogP) is 6.11. The highest BCUT2D eigenvalue weighted by atomic mass is 127. The number of amides is 1. The summed E-state index contributed by atoms with van der Waals surface area (Å²) in [5.41, 5.74) is 3.98. The van der Waals surface area contributed by atoms with Gasteiger partial charge in [-0.15, -0.1) is 5.10 Å². The third-order valence-electron chi connectivity index (χ3n) is 7.93. The molecule has 3 aromatic rings. The lowest BCUT2D eigenvalue weighted by molar-refractivity contribution is -0.149. The van der Waals surface area contributed by atoms with Crippen LogP contribution in [0.2, 0.25) is 0 Å². The number of carbonyl (C=O) groups is 2. The number of pyridine rings is 1. The summed E-state index contributed by atoms with van der Waals surface area (Å²) >= 11 is 2.34. The molecule has 5 rings (SSSR count). The van der Waals surface area contributed by atoms with Crippen molar-refractivity contribution in [2.45, 2.75) is 71.8 Å². The number of fused-ring (bicyclic) bond motifs is 1. The first kappa shape index (κ1) is 27.4. The number of anilines is 2. The van der Waals surface area contributed by atoms with Crippen molar-refractivity contribution in [2.75, 3.05) is 4.90 Å². The maximum absolute atomic E-state index is 13.4. The predicted molar refractivity (Wildman–Crippen MR) is 158 cm³/mol. The van der Waals surface area contributed by atoms with Crippen LogP contribution in [-0.4, -0.2) is 37.9 Å². The first-order valence-electron chi connectivity index (χ1n) is 13.3. The number of rotatable bonds is 6. The molecule has 2 saturated carbocycles. The van der Waals surface area contributed by atoms with Crippen LogP contribution in [0.4, 0.5) is 11.5 Å². The van der Waals surface area contributed by atoms with Crippen molar-refractivity contribution in [3.63, 3.8) is 0 Å². The van der Waals surface area contributed by atoms with Gasteiger partial charge in [0.1, 0.15) is 11.9 Å². The minimum atomic E-state index is -0.760. The monoisotopic (exact) mass is 640 g/mol. The fraction of sp³-hybridized carbons (Fsp3) is 0.467. The van der Waals surface area contributed by atoms with Crippen LogP contribution in [0.1, 0.15) is 69.9 Å². The van der Waals surface area contributed by atoms with E-state index >= 15 is 0 Å². The third-order valence-corrected chi connectivity index (χ3v) is 9.09. The number of benzene rings is 1. The van der Waals surface area contributed by atoms with Gasteiger partial charge in [0.15, 0.2) is 5.52 Å². The van der Waals surface area contributed by atoms with Gasteiger partial charge < -0.3 is 9.84 Å². The Morgan fingerprint density at radius 2 is 1.95 bits per heavy atom. The fourth-order valence-corrected chi connectivity index (χ4v) is 6.18. The fourth-order valence-electron chi connectivity index (χ4n) is 5.69. The van der Waals surface area contributed by atoms with Gasteiger partial charge >= 0.3 is 11.9 Å². The largest absolute Gasteiger partial charge is 0.481 e. The Morgan fingerprint density at radius 3 is 2.59 bits per heavy atom. The number of carboxylic acid groups (broad SMARTS) is 1. The summed E-state index contributed by atoms with van der Waals surface area (Å²) in [6, 6.07) is 7.96. The van der Waals surface area contributed by atoms with Gasteiger partial charge in [-0.05, 0) is 121 Å². The lowest BCUT2D eigenvalue weighted by Gasteiger charge is -2.39. The number of aliphatic carboxylic acids is 1. The first-order valence-corrected chi connectivity index (χ1v) is 14.4. The Morgan fingerprint density at radius 1 is 1.21 bits per heavy atom. The second-order valence-corrected chi connectivity index (χ2v) is 12.5. The van der Waals surface area contributed by atoms with Crippen LogP contribution in [-0.2, 0) is 16.6 Å². The Kier molecular flexibility index (Phi) is 7.35.